The molecule has 1 amide bonds. The Bertz CT molecular complexity index is 1320. The summed E-state index contributed by atoms with van der Waals surface area (Å²) in [7, 11) is 2.11. The normalized spacial score (nSPS) is 14.4. The quantitative estimate of drug-likeness (QED) is 0.497. The van der Waals surface area contributed by atoms with E-state index < -0.39 is 0 Å². The van der Waals surface area contributed by atoms with E-state index in [1.54, 1.807) is 37.1 Å². The van der Waals surface area contributed by atoms with Gasteiger partial charge in [0, 0.05) is 73.7 Å². The predicted molar refractivity (Wildman–Crippen MR) is 130 cm³/mol. The number of pyridine rings is 4. The van der Waals surface area contributed by atoms with Gasteiger partial charge in [-0.15, -0.1) is 0 Å². The summed E-state index contributed by atoms with van der Waals surface area (Å²) >= 11 is 6.06. The first kappa shape index (κ1) is 21.2. The number of piperazine rings is 1. The molecule has 4 aromatic rings. The van der Waals surface area contributed by atoms with Gasteiger partial charge < -0.3 is 15.1 Å². The van der Waals surface area contributed by atoms with Crippen molar-refractivity contribution in [3.8, 4) is 11.3 Å². The summed E-state index contributed by atoms with van der Waals surface area (Å²) in [5.74, 6) is 1.05. The number of rotatable bonds is 4. The zero-order valence-electron chi connectivity index (χ0n) is 18.1. The van der Waals surface area contributed by atoms with Crippen LogP contribution in [-0.4, -0.2) is 64.0 Å². The molecule has 1 N–H and O–H groups in total. The van der Waals surface area contributed by atoms with E-state index in [1.165, 1.54) is 0 Å². The summed E-state index contributed by atoms with van der Waals surface area (Å²) in [5, 5.41) is 5.21. The smallest absolute Gasteiger partial charge is 0.257 e. The first-order valence-electron chi connectivity index (χ1n) is 10.6. The van der Waals surface area contributed by atoms with E-state index in [-0.39, 0.29) is 5.91 Å². The zero-order chi connectivity index (χ0) is 22.8. The molecule has 9 heteroatoms. The first-order valence-corrected chi connectivity index (χ1v) is 11.0. The van der Waals surface area contributed by atoms with Crippen LogP contribution in [0.15, 0.2) is 61.3 Å². The number of nitrogens with one attached hydrogen (secondary N) is 1. The minimum absolute atomic E-state index is 0.229. The average molecular weight is 460 g/mol. The molecule has 0 aromatic carbocycles. The second kappa shape index (κ2) is 9.09. The van der Waals surface area contributed by atoms with E-state index in [1.807, 2.05) is 24.3 Å². The monoisotopic (exact) mass is 459 g/mol. The molecule has 0 atom stereocenters. The number of hydrogen-bond donors (Lipinski definition) is 1. The number of nitrogens with zero attached hydrogens (tertiary/aromatic N) is 6. The molecule has 0 spiro atoms. The van der Waals surface area contributed by atoms with Crippen LogP contribution < -0.4 is 10.2 Å². The molecular weight excluding hydrogens is 438 g/mol. The Morgan fingerprint density at radius 1 is 0.939 bits per heavy atom. The van der Waals surface area contributed by atoms with Crippen molar-refractivity contribution in [3.05, 3.63) is 71.9 Å². The van der Waals surface area contributed by atoms with Crippen molar-refractivity contribution in [2.45, 2.75) is 0 Å². The summed E-state index contributed by atoms with van der Waals surface area (Å²) in [6, 6.07) is 9.12. The van der Waals surface area contributed by atoms with Gasteiger partial charge in [0.2, 0.25) is 0 Å². The lowest BCUT2D eigenvalue weighted by Crippen LogP contribution is -2.44. The van der Waals surface area contributed by atoms with E-state index in [4.69, 9.17) is 11.6 Å². The number of carbonyl (C=O) groups excluding carboxylic acids is 1. The van der Waals surface area contributed by atoms with Crippen molar-refractivity contribution in [2.24, 2.45) is 0 Å². The number of halogens is 1. The Balaban J connectivity index is 1.36. The number of fused-ring (bicyclic) bond motifs is 1. The van der Waals surface area contributed by atoms with Crippen LogP contribution in [-0.2, 0) is 0 Å². The van der Waals surface area contributed by atoms with Crippen LogP contribution in [0, 0.1) is 0 Å². The maximum absolute atomic E-state index is 12.9. The molecule has 4 aromatic heterocycles. The molecule has 33 heavy (non-hydrogen) atoms. The highest BCUT2D eigenvalue weighted by Crippen LogP contribution is 2.25. The SMILES string of the molecule is CN1CCN(c2cc(C(=O)Nc3cc4cc(-c5cncc(Cl)c5)ncc4cn3)ccn2)CC1. The third-order valence-electron chi connectivity index (χ3n) is 5.68. The van der Waals surface area contributed by atoms with Gasteiger partial charge in [-0.05, 0) is 42.8 Å². The number of carbonyl (C=O) groups is 1. The number of aromatic nitrogens is 4. The Labute approximate surface area is 196 Å². The van der Waals surface area contributed by atoms with Gasteiger partial charge in [-0.3, -0.25) is 14.8 Å². The van der Waals surface area contributed by atoms with Gasteiger partial charge in [0.25, 0.3) is 5.91 Å². The predicted octanol–water partition coefficient (Wildman–Crippen LogP) is 3.74. The number of hydrogen-bond acceptors (Lipinski definition) is 7. The molecule has 0 unspecified atom stereocenters. The van der Waals surface area contributed by atoms with E-state index in [2.05, 4.69) is 42.1 Å². The lowest BCUT2D eigenvalue weighted by atomic mass is 10.1. The summed E-state index contributed by atoms with van der Waals surface area (Å²) in [6.07, 6.45) is 8.41. The van der Waals surface area contributed by atoms with Crippen molar-refractivity contribution >= 4 is 39.9 Å². The number of likely N-dealkylation sites (N-methyl/N-ethyl adjacent to an activating group) is 1. The first-order chi connectivity index (χ1) is 16.0. The largest absolute Gasteiger partial charge is 0.354 e. The van der Waals surface area contributed by atoms with Crippen molar-refractivity contribution in [1.29, 1.82) is 0 Å². The van der Waals surface area contributed by atoms with Gasteiger partial charge in [-0.25, -0.2) is 9.97 Å². The van der Waals surface area contributed by atoms with E-state index in [0.717, 1.165) is 54.0 Å². The van der Waals surface area contributed by atoms with Crippen molar-refractivity contribution in [2.75, 3.05) is 43.4 Å². The van der Waals surface area contributed by atoms with Crippen LogP contribution in [0.1, 0.15) is 10.4 Å². The van der Waals surface area contributed by atoms with E-state index in [9.17, 15) is 4.79 Å². The van der Waals surface area contributed by atoms with E-state index in [0.29, 0.717) is 16.4 Å². The molecule has 1 aliphatic heterocycles. The number of anilines is 2. The van der Waals surface area contributed by atoms with Crippen molar-refractivity contribution in [3.63, 3.8) is 0 Å². The lowest BCUT2D eigenvalue weighted by molar-refractivity contribution is 0.102. The van der Waals surface area contributed by atoms with Crippen molar-refractivity contribution in [1.82, 2.24) is 24.8 Å². The fourth-order valence-corrected chi connectivity index (χ4v) is 3.95. The molecule has 8 nitrogen and oxygen atoms in total. The summed E-state index contributed by atoms with van der Waals surface area (Å²) in [6.45, 7) is 3.72. The third-order valence-corrected chi connectivity index (χ3v) is 5.89. The van der Waals surface area contributed by atoms with Crippen molar-refractivity contribution < 1.29 is 4.79 Å². The highest BCUT2D eigenvalue weighted by atomic mass is 35.5. The Kier molecular flexibility index (Phi) is 5.85. The van der Waals surface area contributed by atoms with Crippen LogP contribution in [0.5, 0.6) is 0 Å². The van der Waals surface area contributed by atoms with Crippen LogP contribution in [0.3, 0.4) is 0 Å². The minimum Gasteiger partial charge on any atom is -0.354 e. The standard InChI is InChI=1S/C24H22ClN7O/c1-31-4-6-32(7-5-31)23-11-16(2-3-27-23)24(33)30-22-10-17-9-21(28-13-19(17)14-29-22)18-8-20(25)15-26-12-18/h2-3,8-15H,4-7H2,1H3,(H,29,30,33). The lowest BCUT2D eigenvalue weighted by Gasteiger charge is -2.33. The molecule has 5 rings (SSSR count). The van der Waals surface area contributed by atoms with Gasteiger partial charge >= 0.3 is 0 Å². The minimum atomic E-state index is -0.229. The maximum atomic E-state index is 12.9. The highest BCUT2D eigenvalue weighted by molar-refractivity contribution is 6.30. The fraction of sp³-hybridized carbons (Fsp3) is 0.208. The van der Waals surface area contributed by atoms with Crippen LogP contribution >= 0.6 is 11.6 Å². The van der Waals surface area contributed by atoms with E-state index >= 15 is 0 Å². The molecule has 0 aliphatic carbocycles. The molecular formula is C24H22ClN7O. The van der Waals surface area contributed by atoms with Gasteiger partial charge in [-0.2, -0.15) is 0 Å². The highest BCUT2D eigenvalue weighted by Gasteiger charge is 2.17. The van der Waals surface area contributed by atoms with Gasteiger partial charge in [0.1, 0.15) is 11.6 Å². The van der Waals surface area contributed by atoms with Crippen LogP contribution in [0.25, 0.3) is 22.0 Å². The van der Waals surface area contributed by atoms with Gasteiger partial charge in [0.15, 0.2) is 0 Å². The number of amides is 1. The van der Waals surface area contributed by atoms with Crippen LogP contribution in [0.2, 0.25) is 5.02 Å². The molecule has 5 heterocycles. The second-order valence-electron chi connectivity index (χ2n) is 8.03. The summed E-state index contributed by atoms with van der Waals surface area (Å²) in [4.78, 5) is 34.8. The molecule has 1 fully saturated rings. The molecule has 1 saturated heterocycles. The summed E-state index contributed by atoms with van der Waals surface area (Å²) < 4.78 is 0. The molecule has 166 valence electrons. The average Bonchev–Trinajstić information content (AvgIpc) is 2.84. The third kappa shape index (κ3) is 4.76. The molecule has 1 aliphatic rings. The maximum Gasteiger partial charge on any atom is 0.257 e. The Morgan fingerprint density at radius 3 is 2.58 bits per heavy atom. The van der Waals surface area contributed by atoms with Gasteiger partial charge in [-0.1, -0.05) is 11.6 Å². The second-order valence-corrected chi connectivity index (χ2v) is 8.46. The molecule has 0 radical (unpaired) electrons. The molecule has 0 bridgehead atoms. The molecule has 0 saturated carbocycles. The summed E-state index contributed by atoms with van der Waals surface area (Å²) in [5.41, 5.74) is 2.10. The van der Waals surface area contributed by atoms with Crippen LogP contribution in [0.4, 0.5) is 11.6 Å². The topological polar surface area (TPSA) is 87.1 Å². The fourth-order valence-electron chi connectivity index (χ4n) is 3.77. The zero-order valence-corrected chi connectivity index (χ0v) is 18.8. The Hall–Kier alpha value is -3.62. The van der Waals surface area contributed by atoms with Gasteiger partial charge in [0.05, 0.1) is 10.7 Å². The Morgan fingerprint density at radius 2 is 1.76 bits per heavy atom.